The minimum absolute atomic E-state index is 2.10. The van der Waals surface area contributed by atoms with E-state index in [1.165, 1.54) is 0 Å². The first-order valence-electron chi connectivity index (χ1n) is 4.55. The van der Waals surface area contributed by atoms with Gasteiger partial charge in [-0.3, -0.25) is 0 Å². The first-order valence-corrected chi connectivity index (χ1v) is 8.61. The summed E-state index contributed by atoms with van der Waals surface area (Å²) in [5.74, 6) is -2.44. The molecule has 0 aliphatic rings. The summed E-state index contributed by atoms with van der Waals surface area (Å²) in [6.07, 6.45) is 0. The fourth-order valence-corrected chi connectivity index (χ4v) is 6.44. The van der Waals surface area contributed by atoms with Crippen LogP contribution in [0.3, 0.4) is 0 Å². The number of rotatable bonds is 4. The monoisotopic (exact) mass is 286 g/mol. The molecule has 0 N–H and O–H groups in total. The molecule has 0 heterocycles. The third-order valence-electron chi connectivity index (χ3n) is 2.75. The van der Waals surface area contributed by atoms with Crippen molar-refractivity contribution >= 4 is 21.4 Å². The average Bonchev–Trinajstić information content (AvgIpc) is 2.00. The summed E-state index contributed by atoms with van der Waals surface area (Å²) in [6.45, 7) is 0. The molecule has 0 amide bonds. The van der Waals surface area contributed by atoms with Crippen molar-refractivity contribution < 1.29 is 0 Å². The first-order chi connectivity index (χ1) is 6.10. The maximum atomic E-state index is 3.98. The third kappa shape index (κ3) is 1.64. The van der Waals surface area contributed by atoms with Crippen molar-refractivity contribution in [3.63, 3.8) is 0 Å². The average molecular weight is 287 g/mol. The Balaban J connectivity index is 5.62. The Morgan fingerprint density at radius 1 is 0.571 bits per heavy atom. The van der Waals surface area contributed by atoms with Gasteiger partial charge in [0.2, 0.25) is 0 Å². The molecule has 14 heavy (non-hydrogen) atoms. The van der Waals surface area contributed by atoms with E-state index in [9.17, 15) is 0 Å². The number of halogens is 1. The molecule has 6 heteroatoms. The Morgan fingerprint density at radius 2 is 0.714 bits per heavy atom. The molecule has 4 nitrogen and oxygen atoms in total. The van der Waals surface area contributed by atoms with Crippen molar-refractivity contribution in [1.29, 1.82) is 0 Å². The van der Waals surface area contributed by atoms with Gasteiger partial charge in [0.15, 0.2) is 0 Å². The van der Waals surface area contributed by atoms with Crippen LogP contribution in [0.15, 0.2) is 0 Å². The maximum absolute atomic E-state index is 3.98. The van der Waals surface area contributed by atoms with Crippen LogP contribution >= 0.6 is 21.4 Å². The molecule has 0 unspecified atom stereocenters. The van der Waals surface area contributed by atoms with Crippen LogP contribution in [0.4, 0.5) is 0 Å². The zero-order valence-corrected chi connectivity index (χ0v) is 13.1. The molecule has 0 saturated heterocycles. The molecule has 0 aromatic rings. The van der Waals surface area contributed by atoms with Gasteiger partial charge >= 0.3 is 96.5 Å². The predicted molar refractivity (Wildman–Crippen MR) is 70.6 cm³/mol. The molecule has 0 aliphatic heterocycles. The van der Waals surface area contributed by atoms with E-state index in [0.717, 1.165) is 0 Å². The fraction of sp³-hybridized carbons (Fsp3) is 1.00. The zero-order chi connectivity index (χ0) is 11.8. The molecule has 0 fully saturated rings. The van der Waals surface area contributed by atoms with Gasteiger partial charge in [0, 0.05) is 0 Å². The summed E-state index contributed by atoms with van der Waals surface area (Å²) in [4.78, 5) is 0. The summed E-state index contributed by atoms with van der Waals surface area (Å²) in [5, 5.41) is 0. The van der Waals surface area contributed by atoms with Crippen LogP contribution in [0.2, 0.25) is 0 Å². The Labute approximate surface area is 96.7 Å². The molecular weight excluding hydrogens is 263 g/mol. The second-order valence-electron chi connectivity index (χ2n) is 4.23. The van der Waals surface area contributed by atoms with E-state index in [1.807, 2.05) is 0 Å². The molecule has 0 radical (unpaired) electrons. The van der Waals surface area contributed by atoms with Crippen molar-refractivity contribution in [1.82, 2.24) is 18.7 Å². The van der Waals surface area contributed by atoms with Gasteiger partial charge in [0.25, 0.3) is 0 Å². The van der Waals surface area contributed by atoms with Crippen LogP contribution in [-0.4, -0.2) is 75.1 Å². The van der Waals surface area contributed by atoms with Gasteiger partial charge in [-0.05, 0) is 0 Å². The minimum atomic E-state index is -2.44. The van der Waals surface area contributed by atoms with Gasteiger partial charge in [-0.25, -0.2) is 0 Å². The van der Waals surface area contributed by atoms with Crippen molar-refractivity contribution in [3.8, 4) is 0 Å². The van der Waals surface area contributed by atoms with Gasteiger partial charge in [-0.15, -0.1) is 0 Å². The van der Waals surface area contributed by atoms with Crippen molar-refractivity contribution in [3.05, 3.63) is 0 Å². The SMILES string of the molecule is CN(C)P(Br)(N(C)C)(N(C)C)N(C)C. The Bertz CT molecular complexity index is 162. The molecule has 0 spiro atoms. The van der Waals surface area contributed by atoms with E-state index in [2.05, 4.69) is 90.6 Å². The Morgan fingerprint density at radius 3 is 0.714 bits per heavy atom. The quantitative estimate of drug-likeness (QED) is 0.730. The molecule has 0 aromatic heterocycles. The van der Waals surface area contributed by atoms with E-state index >= 15 is 0 Å². The van der Waals surface area contributed by atoms with Gasteiger partial charge in [-0.1, -0.05) is 0 Å². The van der Waals surface area contributed by atoms with Crippen molar-refractivity contribution in [2.45, 2.75) is 0 Å². The number of hydrogen-bond acceptors (Lipinski definition) is 4. The molecule has 0 aliphatic carbocycles. The molecule has 0 rings (SSSR count). The molecule has 0 bridgehead atoms. The second-order valence-corrected chi connectivity index (χ2v) is 12.9. The van der Waals surface area contributed by atoms with Gasteiger partial charge in [0.1, 0.15) is 0 Å². The van der Waals surface area contributed by atoms with Gasteiger partial charge < -0.3 is 0 Å². The fourth-order valence-electron chi connectivity index (χ4n) is 2.15. The summed E-state index contributed by atoms with van der Waals surface area (Å²) in [5.41, 5.74) is 0. The van der Waals surface area contributed by atoms with Crippen LogP contribution in [0.1, 0.15) is 0 Å². The van der Waals surface area contributed by atoms with Crippen molar-refractivity contribution in [2.75, 3.05) is 56.4 Å². The standard InChI is InChI=1S/C8H24BrN4P/c1-10(2)14(9,11(3)4,12(5)6)13(7)8/h1-8H3. The summed E-state index contributed by atoms with van der Waals surface area (Å²) in [7, 11) is 16.8. The number of hydrogen-bond donors (Lipinski definition) is 0. The van der Waals surface area contributed by atoms with Crippen LogP contribution in [0.5, 0.6) is 0 Å². The molecular formula is C8H24BrN4P. The third-order valence-corrected chi connectivity index (χ3v) is 15.9. The van der Waals surface area contributed by atoms with E-state index < -0.39 is 5.91 Å². The van der Waals surface area contributed by atoms with Crippen LogP contribution in [0, 0.1) is 0 Å². The van der Waals surface area contributed by atoms with Gasteiger partial charge in [0.05, 0.1) is 0 Å². The zero-order valence-electron chi connectivity index (χ0n) is 10.6. The number of nitrogens with zero attached hydrogens (tertiary/aromatic N) is 4. The molecule has 0 aromatic carbocycles. The molecule has 0 saturated carbocycles. The molecule has 88 valence electrons. The normalized spacial score (nSPS) is 16.8. The van der Waals surface area contributed by atoms with Crippen LogP contribution < -0.4 is 0 Å². The molecule has 0 atom stereocenters. The van der Waals surface area contributed by atoms with Crippen molar-refractivity contribution in [2.24, 2.45) is 0 Å². The van der Waals surface area contributed by atoms with Crippen LogP contribution in [-0.2, 0) is 0 Å². The Kier molecular flexibility index (Phi) is 4.55. The summed E-state index contributed by atoms with van der Waals surface area (Å²) < 4.78 is 9.02. The Hall–Kier alpha value is 0.750. The van der Waals surface area contributed by atoms with E-state index in [4.69, 9.17) is 0 Å². The van der Waals surface area contributed by atoms with Crippen LogP contribution in [0.25, 0.3) is 0 Å². The topological polar surface area (TPSA) is 13.0 Å². The second kappa shape index (κ2) is 4.32. The van der Waals surface area contributed by atoms with E-state index in [0.29, 0.717) is 0 Å². The van der Waals surface area contributed by atoms with Gasteiger partial charge in [-0.2, -0.15) is 0 Å². The summed E-state index contributed by atoms with van der Waals surface area (Å²) >= 11 is 3.98. The van der Waals surface area contributed by atoms with E-state index in [-0.39, 0.29) is 0 Å². The predicted octanol–water partition coefficient (Wildman–Crippen LogP) is 1.76. The summed E-state index contributed by atoms with van der Waals surface area (Å²) in [6, 6.07) is 0. The first kappa shape index (κ1) is 14.8. The van der Waals surface area contributed by atoms with E-state index in [1.54, 1.807) is 0 Å².